The van der Waals surface area contributed by atoms with Gasteiger partial charge in [0.05, 0.1) is 23.2 Å². The topological polar surface area (TPSA) is 119 Å². The van der Waals surface area contributed by atoms with E-state index in [9.17, 15) is 18.0 Å². The lowest BCUT2D eigenvalue weighted by Gasteiger charge is -2.27. The number of amides is 1. The predicted molar refractivity (Wildman–Crippen MR) is 117 cm³/mol. The lowest BCUT2D eigenvalue weighted by Crippen LogP contribution is -2.52. The molecule has 1 saturated heterocycles. The molecule has 31 heavy (non-hydrogen) atoms. The maximum absolute atomic E-state index is 13.0. The van der Waals surface area contributed by atoms with Crippen molar-refractivity contribution in [2.75, 3.05) is 24.8 Å². The number of carbonyl (C=O) groups excluding carboxylic acids is 2. The number of nitrogens with zero attached hydrogens (tertiary/aromatic N) is 3. The summed E-state index contributed by atoms with van der Waals surface area (Å²) in [6, 6.07) is 3.50. The van der Waals surface area contributed by atoms with Crippen LogP contribution < -0.4 is 10.2 Å². The number of rotatable bonds is 6. The van der Waals surface area contributed by atoms with Crippen molar-refractivity contribution in [3.63, 3.8) is 0 Å². The molecule has 0 bridgehead atoms. The Morgan fingerprint density at radius 2 is 1.97 bits per heavy atom. The Morgan fingerprint density at radius 1 is 1.26 bits per heavy atom. The molecule has 1 aromatic carbocycles. The van der Waals surface area contributed by atoms with E-state index in [1.54, 1.807) is 12.1 Å². The van der Waals surface area contributed by atoms with Crippen molar-refractivity contribution in [1.29, 1.82) is 0 Å². The quantitative estimate of drug-likeness (QED) is 0.663. The first kappa shape index (κ1) is 22.9. The van der Waals surface area contributed by atoms with Crippen molar-refractivity contribution >= 4 is 38.6 Å². The highest BCUT2D eigenvalue weighted by atomic mass is 32.2. The van der Waals surface area contributed by atoms with Crippen molar-refractivity contribution in [2.45, 2.75) is 50.6 Å². The summed E-state index contributed by atoms with van der Waals surface area (Å²) in [6.45, 7) is 6.08. The second-order valence-corrected chi connectivity index (χ2v) is 10.2. The molecule has 1 N–H and O–H groups in total. The molecule has 1 aromatic heterocycles. The van der Waals surface area contributed by atoms with Gasteiger partial charge in [0.1, 0.15) is 12.1 Å². The zero-order chi connectivity index (χ0) is 22.9. The van der Waals surface area contributed by atoms with Gasteiger partial charge in [0.2, 0.25) is 11.9 Å². The number of sulfone groups is 1. The van der Waals surface area contributed by atoms with Crippen LogP contribution in [-0.2, 0) is 24.2 Å². The van der Waals surface area contributed by atoms with Crippen molar-refractivity contribution in [3.05, 3.63) is 23.9 Å². The van der Waals surface area contributed by atoms with E-state index in [1.807, 2.05) is 25.7 Å². The maximum atomic E-state index is 13.0. The average molecular weight is 449 g/mol. The summed E-state index contributed by atoms with van der Waals surface area (Å²) in [7, 11) is -2.08. The van der Waals surface area contributed by atoms with Crippen LogP contribution >= 0.6 is 0 Å². The molecule has 1 aliphatic rings. The van der Waals surface area contributed by atoms with Gasteiger partial charge in [0.15, 0.2) is 9.84 Å². The van der Waals surface area contributed by atoms with Crippen LogP contribution in [0, 0.1) is 12.8 Å². The number of aromatic nitrogens is 2. The summed E-state index contributed by atoms with van der Waals surface area (Å²) in [5, 5.41) is 3.55. The first-order valence-electron chi connectivity index (χ1n) is 10.2. The summed E-state index contributed by atoms with van der Waals surface area (Å²) < 4.78 is 28.7. The number of ether oxygens (including phenoxy) is 1. The zero-order valence-electron chi connectivity index (χ0n) is 18.4. The van der Waals surface area contributed by atoms with Gasteiger partial charge in [-0.2, -0.15) is 0 Å². The molecule has 1 fully saturated rings. The van der Waals surface area contributed by atoms with Crippen molar-refractivity contribution in [1.82, 2.24) is 15.3 Å². The van der Waals surface area contributed by atoms with Gasteiger partial charge < -0.3 is 15.0 Å². The summed E-state index contributed by atoms with van der Waals surface area (Å²) in [4.78, 5) is 36.2. The Bertz CT molecular complexity index is 1120. The monoisotopic (exact) mass is 448 g/mol. The highest BCUT2D eigenvalue weighted by molar-refractivity contribution is 7.90. The standard InChI is InChI=1S/C21H28N4O5S/c1-12(2)18(20(27)30-4)24-19(26)17-7-6-10-25(17)21-22-13(3)15-9-8-14(31(5,28)29)11-16(15)23-21/h8-9,11-12,17-18H,6-7,10H2,1-5H3,(H,24,26)/t17-,18-/m0/s1. The maximum Gasteiger partial charge on any atom is 0.328 e. The molecule has 2 atom stereocenters. The minimum atomic E-state index is -3.38. The molecule has 0 spiro atoms. The van der Waals surface area contributed by atoms with E-state index in [0.29, 0.717) is 30.1 Å². The lowest BCUT2D eigenvalue weighted by atomic mass is 10.0. The SMILES string of the molecule is COC(=O)[C@@H](NC(=O)[C@@H]1CCCN1c1nc(C)c2ccc(S(C)(=O)=O)cc2n1)C(C)C. The van der Waals surface area contributed by atoms with Crippen molar-refractivity contribution in [2.24, 2.45) is 5.92 Å². The van der Waals surface area contributed by atoms with Crippen LogP contribution in [0.1, 0.15) is 32.4 Å². The van der Waals surface area contributed by atoms with Crippen LogP contribution in [0.5, 0.6) is 0 Å². The number of benzene rings is 1. The number of methoxy groups -OCH3 is 1. The van der Waals surface area contributed by atoms with Gasteiger partial charge in [-0.05, 0) is 43.9 Å². The van der Waals surface area contributed by atoms with Gasteiger partial charge in [0.25, 0.3) is 0 Å². The summed E-state index contributed by atoms with van der Waals surface area (Å²) in [5.74, 6) is -0.529. The fourth-order valence-electron chi connectivity index (χ4n) is 3.76. The van der Waals surface area contributed by atoms with Gasteiger partial charge in [-0.1, -0.05) is 13.8 Å². The number of anilines is 1. The summed E-state index contributed by atoms with van der Waals surface area (Å²) in [5.41, 5.74) is 1.20. The number of nitrogens with one attached hydrogen (secondary N) is 1. The van der Waals surface area contributed by atoms with Gasteiger partial charge in [-0.15, -0.1) is 0 Å². The average Bonchev–Trinajstić information content (AvgIpc) is 3.20. The van der Waals surface area contributed by atoms with E-state index >= 15 is 0 Å². The second kappa shape index (κ2) is 8.78. The van der Waals surface area contributed by atoms with Crippen LogP contribution in [0.4, 0.5) is 5.95 Å². The van der Waals surface area contributed by atoms with E-state index in [1.165, 1.54) is 13.2 Å². The summed E-state index contributed by atoms with van der Waals surface area (Å²) in [6.07, 6.45) is 2.52. The van der Waals surface area contributed by atoms with Gasteiger partial charge in [-0.25, -0.2) is 23.2 Å². The van der Waals surface area contributed by atoms with Crippen LogP contribution in [0.2, 0.25) is 0 Å². The third-order valence-corrected chi connectivity index (χ3v) is 6.62. The Hall–Kier alpha value is -2.75. The van der Waals surface area contributed by atoms with E-state index in [0.717, 1.165) is 18.1 Å². The molecule has 0 radical (unpaired) electrons. The molecule has 3 rings (SSSR count). The first-order valence-corrected chi connectivity index (χ1v) is 12.1. The Morgan fingerprint density at radius 3 is 2.58 bits per heavy atom. The highest BCUT2D eigenvalue weighted by Gasteiger charge is 2.36. The Balaban J connectivity index is 1.93. The molecule has 2 aromatic rings. The normalized spacial score (nSPS) is 17.7. The molecule has 168 valence electrons. The minimum Gasteiger partial charge on any atom is -0.467 e. The third-order valence-electron chi connectivity index (χ3n) is 5.51. The number of hydrogen-bond acceptors (Lipinski definition) is 8. The number of fused-ring (bicyclic) bond motifs is 1. The predicted octanol–water partition coefficient (Wildman–Crippen LogP) is 1.62. The van der Waals surface area contributed by atoms with Crippen LogP contribution in [-0.4, -0.2) is 62.3 Å². The Labute approximate surface area is 182 Å². The molecule has 0 aliphatic carbocycles. The van der Waals surface area contributed by atoms with Gasteiger partial charge >= 0.3 is 5.97 Å². The third kappa shape index (κ3) is 4.79. The van der Waals surface area contributed by atoms with Crippen LogP contribution in [0.15, 0.2) is 23.1 Å². The van der Waals surface area contributed by atoms with E-state index < -0.39 is 27.9 Å². The minimum absolute atomic E-state index is 0.125. The van der Waals surface area contributed by atoms with Gasteiger partial charge in [-0.3, -0.25) is 4.79 Å². The fourth-order valence-corrected chi connectivity index (χ4v) is 4.41. The van der Waals surface area contributed by atoms with E-state index in [2.05, 4.69) is 15.3 Å². The number of aryl methyl sites for hydroxylation is 1. The highest BCUT2D eigenvalue weighted by Crippen LogP contribution is 2.27. The molecule has 10 heteroatoms. The largest absolute Gasteiger partial charge is 0.467 e. The van der Waals surface area contributed by atoms with Crippen molar-refractivity contribution in [3.8, 4) is 0 Å². The molecular weight excluding hydrogens is 420 g/mol. The molecule has 0 unspecified atom stereocenters. The first-order chi connectivity index (χ1) is 14.5. The molecule has 1 amide bonds. The van der Waals surface area contributed by atoms with Crippen LogP contribution in [0.25, 0.3) is 10.9 Å². The van der Waals surface area contributed by atoms with E-state index in [-0.39, 0.29) is 16.7 Å². The molecule has 1 aliphatic heterocycles. The van der Waals surface area contributed by atoms with Gasteiger partial charge in [0, 0.05) is 18.2 Å². The number of carbonyl (C=O) groups is 2. The fraction of sp³-hybridized carbons (Fsp3) is 0.524. The van der Waals surface area contributed by atoms with E-state index in [4.69, 9.17) is 4.74 Å². The number of hydrogen-bond donors (Lipinski definition) is 1. The van der Waals surface area contributed by atoms with Crippen LogP contribution in [0.3, 0.4) is 0 Å². The molecular formula is C21H28N4O5S. The molecule has 9 nitrogen and oxygen atoms in total. The lowest BCUT2D eigenvalue weighted by molar-refractivity contribution is -0.146. The number of esters is 1. The smallest absolute Gasteiger partial charge is 0.328 e. The van der Waals surface area contributed by atoms with Crippen molar-refractivity contribution < 1.29 is 22.7 Å². The summed E-state index contributed by atoms with van der Waals surface area (Å²) >= 11 is 0. The zero-order valence-corrected chi connectivity index (χ0v) is 19.2. The second-order valence-electron chi connectivity index (χ2n) is 8.16. The Kier molecular flexibility index (Phi) is 6.49. The molecule has 2 heterocycles. The molecule has 0 saturated carbocycles.